The van der Waals surface area contributed by atoms with Crippen LogP contribution in [-0.4, -0.2) is 17.5 Å². The van der Waals surface area contributed by atoms with Crippen molar-refractivity contribution in [2.45, 2.75) is 13.3 Å². The number of halogens is 1. The highest BCUT2D eigenvalue weighted by Crippen LogP contribution is 2.12. The van der Waals surface area contributed by atoms with E-state index >= 15 is 0 Å². The lowest BCUT2D eigenvalue weighted by Gasteiger charge is -2.07. The smallest absolute Gasteiger partial charge is 0.228 e. The Bertz CT molecular complexity index is 585. The second-order valence-electron chi connectivity index (χ2n) is 4.32. The van der Waals surface area contributed by atoms with Crippen LogP contribution < -0.4 is 10.1 Å². The van der Waals surface area contributed by atoms with E-state index in [4.69, 9.17) is 4.74 Å². The van der Waals surface area contributed by atoms with Crippen molar-refractivity contribution in [3.05, 3.63) is 51.7 Å². The van der Waals surface area contributed by atoms with Crippen molar-refractivity contribution >= 4 is 34.3 Å². The molecule has 5 heteroatoms. The van der Waals surface area contributed by atoms with Crippen LogP contribution in [0.2, 0.25) is 0 Å². The van der Waals surface area contributed by atoms with E-state index in [9.17, 15) is 4.79 Å². The second kappa shape index (κ2) is 7.23. The Morgan fingerprint density at radius 1 is 1.35 bits per heavy atom. The molecule has 20 heavy (non-hydrogen) atoms. The van der Waals surface area contributed by atoms with E-state index in [1.807, 2.05) is 37.3 Å². The third kappa shape index (κ3) is 4.80. The molecule has 0 radical (unpaired) electrons. The van der Waals surface area contributed by atoms with Gasteiger partial charge in [-0.25, -0.2) is 4.98 Å². The number of rotatable bonds is 5. The summed E-state index contributed by atoms with van der Waals surface area (Å²) < 4.78 is 6.56. The number of aryl methyl sites for hydroxylation is 1. The van der Waals surface area contributed by atoms with Crippen molar-refractivity contribution in [2.75, 3.05) is 11.9 Å². The Kier molecular flexibility index (Phi) is 5.34. The van der Waals surface area contributed by atoms with Gasteiger partial charge in [-0.3, -0.25) is 4.79 Å². The number of hydrogen-bond donors (Lipinski definition) is 1. The van der Waals surface area contributed by atoms with Crippen LogP contribution in [0.5, 0.6) is 5.75 Å². The molecule has 0 spiro atoms. The van der Waals surface area contributed by atoms with Gasteiger partial charge in [0.1, 0.15) is 11.6 Å². The quantitative estimate of drug-likeness (QED) is 0.807. The van der Waals surface area contributed by atoms with Gasteiger partial charge in [0.15, 0.2) is 0 Å². The molecule has 1 N–H and O–H groups in total. The molecule has 0 unspecified atom stereocenters. The molecular formula is C15H15IN2O2. The van der Waals surface area contributed by atoms with Crippen molar-refractivity contribution in [3.63, 3.8) is 0 Å². The van der Waals surface area contributed by atoms with E-state index in [-0.39, 0.29) is 5.91 Å². The number of amides is 1. The van der Waals surface area contributed by atoms with Crippen LogP contribution in [0.3, 0.4) is 0 Å². The Labute approximate surface area is 131 Å². The number of nitrogens with zero attached hydrogens (tertiary/aromatic N) is 1. The van der Waals surface area contributed by atoms with Gasteiger partial charge >= 0.3 is 0 Å². The molecule has 0 saturated carbocycles. The van der Waals surface area contributed by atoms with Crippen molar-refractivity contribution in [2.24, 2.45) is 0 Å². The maximum Gasteiger partial charge on any atom is 0.228 e. The summed E-state index contributed by atoms with van der Waals surface area (Å²) in [6, 6.07) is 11.4. The molecule has 0 atom stereocenters. The maximum absolute atomic E-state index is 11.7. The fourth-order valence-electron chi connectivity index (χ4n) is 1.62. The summed E-state index contributed by atoms with van der Waals surface area (Å²) in [6.45, 7) is 2.35. The van der Waals surface area contributed by atoms with Crippen molar-refractivity contribution < 1.29 is 9.53 Å². The van der Waals surface area contributed by atoms with E-state index < -0.39 is 0 Å². The van der Waals surface area contributed by atoms with Crippen LogP contribution in [0.1, 0.15) is 12.0 Å². The fraction of sp³-hybridized carbons (Fsp3) is 0.200. The van der Waals surface area contributed by atoms with Crippen LogP contribution >= 0.6 is 22.6 Å². The van der Waals surface area contributed by atoms with E-state index in [0.717, 1.165) is 14.9 Å². The van der Waals surface area contributed by atoms with Gasteiger partial charge in [0.2, 0.25) is 5.91 Å². The molecule has 0 aliphatic carbocycles. The Morgan fingerprint density at radius 3 is 2.90 bits per heavy atom. The Balaban J connectivity index is 1.76. The molecule has 0 aliphatic rings. The minimum absolute atomic E-state index is 0.105. The Morgan fingerprint density at radius 2 is 2.20 bits per heavy atom. The van der Waals surface area contributed by atoms with E-state index in [1.54, 1.807) is 12.3 Å². The molecule has 2 rings (SSSR count). The third-order valence-corrected chi connectivity index (χ3v) is 3.22. The lowest BCUT2D eigenvalue weighted by atomic mass is 10.2. The average molecular weight is 382 g/mol. The molecule has 0 aliphatic heterocycles. The van der Waals surface area contributed by atoms with Crippen LogP contribution in [0.15, 0.2) is 42.6 Å². The molecule has 0 fully saturated rings. The highest BCUT2D eigenvalue weighted by atomic mass is 127. The van der Waals surface area contributed by atoms with Gasteiger partial charge in [-0.2, -0.15) is 0 Å². The number of hydrogen-bond acceptors (Lipinski definition) is 3. The summed E-state index contributed by atoms with van der Waals surface area (Å²) in [5, 5.41) is 2.73. The zero-order chi connectivity index (χ0) is 14.4. The van der Waals surface area contributed by atoms with Crippen LogP contribution in [0.25, 0.3) is 0 Å². The third-order valence-electron chi connectivity index (χ3n) is 2.58. The van der Waals surface area contributed by atoms with Gasteiger partial charge in [0, 0.05) is 9.77 Å². The molecular weight excluding hydrogens is 367 g/mol. The predicted molar refractivity (Wildman–Crippen MR) is 86.9 cm³/mol. The number of nitrogens with one attached hydrogen (secondary N) is 1. The first-order valence-corrected chi connectivity index (χ1v) is 7.32. The Hall–Kier alpha value is -1.63. The van der Waals surface area contributed by atoms with Crippen LogP contribution in [-0.2, 0) is 4.79 Å². The summed E-state index contributed by atoms with van der Waals surface area (Å²) in [6.07, 6.45) is 2.00. The van der Waals surface area contributed by atoms with Crippen molar-refractivity contribution in [3.8, 4) is 5.75 Å². The van der Waals surface area contributed by atoms with Crippen LogP contribution in [0.4, 0.5) is 5.82 Å². The van der Waals surface area contributed by atoms with E-state index in [2.05, 4.69) is 32.9 Å². The van der Waals surface area contributed by atoms with Gasteiger partial charge in [0.25, 0.3) is 0 Å². The number of carbonyl (C=O) groups is 1. The molecule has 0 saturated heterocycles. The molecule has 1 amide bonds. The van der Waals surface area contributed by atoms with Gasteiger partial charge in [0.05, 0.1) is 13.0 Å². The van der Waals surface area contributed by atoms with Crippen LogP contribution in [0, 0.1) is 10.5 Å². The highest BCUT2D eigenvalue weighted by Gasteiger charge is 2.04. The minimum Gasteiger partial charge on any atom is -0.493 e. The largest absolute Gasteiger partial charge is 0.493 e. The summed E-state index contributed by atoms with van der Waals surface area (Å²) in [7, 11) is 0. The van der Waals surface area contributed by atoms with E-state index in [0.29, 0.717) is 18.8 Å². The van der Waals surface area contributed by atoms with Gasteiger partial charge in [-0.05, 0) is 59.3 Å². The lowest BCUT2D eigenvalue weighted by Crippen LogP contribution is -2.15. The number of aromatic nitrogens is 1. The summed E-state index contributed by atoms with van der Waals surface area (Å²) >= 11 is 2.17. The first-order valence-electron chi connectivity index (χ1n) is 6.24. The maximum atomic E-state index is 11.7. The molecule has 1 aromatic heterocycles. The fourth-order valence-corrected chi connectivity index (χ4v) is 1.94. The summed E-state index contributed by atoms with van der Waals surface area (Å²) in [5.74, 6) is 1.24. The number of anilines is 1. The molecule has 1 aromatic carbocycles. The predicted octanol–water partition coefficient (Wildman–Crippen LogP) is 3.40. The molecule has 0 bridgehead atoms. The van der Waals surface area contributed by atoms with E-state index in [1.165, 1.54) is 0 Å². The molecule has 4 nitrogen and oxygen atoms in total. The lowest BCUT2D eigenvalue weighted by molar-refractivity contribution is -0.116. The first-order chi connectivity index (χ1) is 9.63. The van der Waals surface area contributed by atoms with Gasteiger partial charge in [-0.1, -0.05) is 12.1 Å². The minimum atomic E-state index is -0.105. The zero-order valence-corrected chi connectivity index (χ0v) is 13.3. The molecule has 1 heterocycles. The monoisotopic (exact) mass is 382 g/mol. The summed E-state index contributed by atoms with van der Waals surface area (Å²) in [5.41, 5.74) is 1.13. The molecule has 104 valence electrons. The topological polar surface area (TPSA) is 51.2 Å². The summed E-state index contributed by atoms with van der Waals surface area (Å²) in [4.78, 5) is 15.8. The van der Waals surface area contributed by atoms with Crippen molar-refractivity contribution in [1.29, 1.82) is 0 Å². The second-order valence-corrected chi connectivity index (χ2v) is 5.57. The highest BCUT2D eigenvalue weighted by molar-refractivity contribution is 14.1. The number of ether oxygens (including phenoxy) is 1. The zero-order valence-electron chi connectivity index (χ0n) is 11.1. The standard InChI is InChI=1S/C15H15IN2O2/c1-11-3-2-4-13(9-11)20-8-7-15(19)18-14-6-5-12(16)10-17-14/h2-6,9-10H,7-8H2,1H3,(H,17,18,19). The first kappa shape index (κ1) is 14.8. The number of benzene rings is 1. The van der Waals surface area contributed by atoms with Crippen molar-refractivity contribution in [1.82, 2.24) is 4.98 Å². The average Bonchev–Trinajstić information content (AvgIpc) is 2.41. The van der Waals surface area contributed by atoms with Gasteiger partial charge < -0.3 is 10.1 Å². The molecule has 2 aromatic rings. The normalized spacial score (nSPS) is 10.1. The number of pyridine rings is 1. The van der Waals surface area contributed by atoms with Gasteiger partial charge in [-0.15, -0.1) is 0 Å². The SMILES string of the molecule is Cc1cccc(OCCC(=O)Nc2ccc(I)cn2)c1. The number of carbonyl (C=O) groups excluding carboxylic acids is 1.